The first-order valence-electron chi connectivity index (χ1n) is 11.2. The number of alkyl halides is 3. The molecule has 1 aliphatic heterocycles. The van der Waals surface area contributed by atoms with Gasteiger partial charge in [-0.3, -0.25) is 9.80 Å². The van der Waals surface area contributed by atoms with E-state index in [-0.39, 0.29) is 0 Å². The molecule has 0 radical (unpaired) electrons. The number of piperazine rings is 1. The highest BCUT2D eigenvalue weighted by atomic mass is 79.9. The van der Waals surface area contributed by atoms with Crippen LogP contribution in [0.15, 0.2) is 46.9 Å². The summed E-state index contributed by atoms with van der Waals surface area (Å²) in [5.41, 5.74) is 0.285. The second-order valence-electron chi connectivity index (χ2n) is 8.84. The highest BCUT2D eigenvalue weighted by Gasteiger charge is 2.32. The molecule has 0 unspecified atom stereocenters. The summed E-state index contributed by atoms with van der Waals surface area (Å²) >= 11 is 3.54. The van der Waals surface area contributed by atoms with Gasteiger partial charge >= 0.3 is 12.1 Å². The summed E-state index contributed by atoms with van der Waals surface area (Å²) < 4.78 is 49.9. The molecule has 0 amide bonds. The maximum atomic E-state index is 12.7. The van der Waals surface area contributed by atoms with Crippen molar-refractivity contribution in [3.05, 3.63) is 63.6 Å². The monoisotopic (exact) mass is 542 g/mol. The van der Waals surface area contributed by atoms with Crippen LogP contribution in [0.3, 0.4) is 0 Å². The van der Waals surface area contributed by atoms with Gasteiger partial charge in [0.25, 0.3) is 0 Å². The average Bonchev–Trinajstić information content (AvgIpc) is 2.77. The second-order valence-corrected chi connectivity index (χ2v) is 9.70. The van der Waals surface area contributed by atoms with Gasteiger partial charge < -0.3 is 9.47 Å². The molecule has 0 bridgehead atoms. The fraction of sp³-hybridized carbons (Fsp3) is 0.480. The summed E-state index contributed by atoms with van der Waals surface area (Å²) in [4.78, 5) is 16.7. The van der Waals surface area contributed by atoms with E-state index in [0.29, 0.717) is 18.9 Å². The molecule has 3 rings (SSSR count). The SMILES string of the molecule is CCOC(=O)C(C)(C)Oc1ccc(CN2CCN(Cc3ccc(C(F)(F)F)cc3)CC2)cc1Br. The molecular weight excluding hydrogens is 513 g/mol. The van der Waals surface area contributed by atoms with E-state index in [9.17, 15) is 18.0 Å². The molecule has 0 saturated carbocycles. The minimum Gasteiger partial charge on any atom is -0.475 e. The van der Waals surface area contributed by atoms with Gasteiger partial charge in [0.05, 0.1) is 16.6 Å². The molecule has 2 aromatic rings. The minimum atomic E-state index is -4.30. The third kappa shape index (κ3) is 7.20. The zero-order valence-corrected chi connectivity index (χ0v) is 21.2. The number of ether oxygens (including phenoxy) is 2. The number of esters is 1. The van der Waals surface area contributed by atoms with Crippen molar-refractivity contribution < 1.29 is 27.4 Å². The Labute approximate surface area is 206 Å². The Hall–Kier alpha value is -2.10. The van der Waals surface area contributed by atoms with Gasteiger partial charge in [-0.15, -0.1) is 0 Å². The Kier molecular flexibility index (Phi) is 8.65. The van der Waals surface area contributed by atoms with Crippen LogP contribution in [0.4, 0.5) is 13.2 Å². The number of hydrogen-bond donors (Lipinski definition) is 0. The molecule has 34 heavy (non-hydrogen) atoms. The van der Waals surface area contributed by atoms with Crippen LogP contribution in [-0.4, -0.2) is 54.2 Å². The van der Waals surface area contributed by atoms with Gasteiger partial charge in [-0.1, -0.05) is 18.2 Å². The molecule has 186 valence electrons. The summed E-state index contributed by atoms with van der Waals surface area (Å²) in [6.07, 6.45) is -4.30. The van der Waals surface area contributed by atoms with Crippen molar-refractivity contribution in [2.45, 2.75) is 45.6 Å². The average molecular weight is 543 g/mol. The molecular formula is C25H30BrF3N2O3. The van der Waals surface area contributed by atoms with Gasteiger partial charge in [-0.05, 0) is 72.1 Å². The summed E-state index contributed by atoms with van der Waals surface area (Å²) in [7, 11) is 0. The Morgan fingerprint density at radius 3 is 1.97 bits per heavy atom. The topological polar surface area (TPSA) is 42.0 Å². The number of hydrogen-bond acceptors (Lipinski definition) is 5. The summed E-state index contributed by atoms with van der Waals surface area (Å²) in [6.45, 7) is 10.2. The van der Waals surface area contributed by atoms with E-state index in [1.807, 2.05) is 18.2 Å². The number of halogens is 4. The largest absolute Gasteiger partial charge is 0.475 e. The molecule has 1 fully saturated rings. The van der Waals surface area contributed by atoms with Crippen molar-refractivity contribution in [3.8, 4) is 5.75 Å². The fourth-order valence-corrected chi connectivity index (χ4v) is 4.28. The molecule has 2 aromatic carbocycles. The Balaban J connectivity index is 1.50. The van der Waals surface area contributed by atoms with Crippen LogP contribution in [0.1, 0.15) is 37.5 Å². The predicted molar refractivity (Wildman–Crippen MR) is 127 cm³/mol. The van der Waals surface area contributed by atoms with Crippen molar-refractivity contribution in [3.63, 3.8) is 0 Å². The lowest BCUT2D eigenvalue weighted by molar-refractivity contribution is -0.158. The van der Waals surface area contributed by atoms with E-state index in [2.05, 4.69) is 25.7 Å². The molecule has 0 atom stereocenters. The lowest BCUT2D eigenvalue weighted by Gasteiger charge is -2.35. The maximum Gasteiger partial charge on any atom is 0.416 e. The quantitative estimate of drug-likeness (QED) is 0.411. The smallest absolute Gasteiger partial charge is 0.416 e. The molecule has 5 nitrogen and oxygen atoms in total. The van der Waals surface area contributed by atoms with Crippen LogP contribution in [0.25, 0.3) is 0 Å². The van der Waals surface area contributed by atoms with Gasteiger partial charge in [-0.25, -0.2) is 4.79 Å². The normalized spacial score (nSPS) is 15.9. The van der Waals surface area contributed by atoms with Gasteiger partial charge in [-0.2, -0.15) is 13.2 Å². The number of carbonyl (C=O) groups excluding carboxylic acids is 1. The molecule has 0 N–H and O–H groups in total. The highest BCUT2D eigenvalue weighted by molar-refractivity contribution is 9.10. The first kappa shape index (κ1) is 26.5. The maximum absolute atomic E-state index is 12.7. The van der Waals surface area contributed by atoms with Crippen molar-refractivity contribution in [1.82, 2.24) is 9.80 Å². The number of carbonyl (C=O) groups is 1. The third-order valence-electron chi connectivity index (χ3n) is 5.69. The van der Waals surface area contributed by atoms with E-state index in [0.717, 1.165) is 60.5 Å². The van der Waals surface area contributed by atoms with Gasteiger partial charge in [0.15, 0.2) is 5.60 Å². The summed E-state index contributed by atoms with van der Waals surface area (Å²) in [5.74, 6) is 0.156. The van der Waals surface area contributed by atoms with E-state index in [1.54, 1.807) is 32.9 Å². The van der Waals surface area contributed by atoms with Gasteiger partial charge in [0, 0.05) is 39.3 Å². The molecule has 0 spiro atoms. The van der Waals surface area contributed by atoms with E-state index in [1.165, 1.54) is 0 Å². The zero-order valence-electron chi connectivity index (χ0n) is 19.6. The standard InChI is InChI=1S/C25H30BrF3N2O3/c1-4-33-23(32)24(2,3)34-22-10-7-19(15-21(22)26)17-31-13-11-30(12-14-31)16-18-5-8-20(9-6-18)25(27,28)29/h5-10,15H,4,11-14,16-17H2,1-3H3. The Morgan fingerprint density at radius 1 is 0.941 bits per heavy atom. The van der Waals surface area contributed by atoms with E-state index >= 15 is 0 Å². The lowest BCUT2D eigenvalue weighted by Crippen LogP contribution is -2.45. The van der Waals surface area contributed by atoms with Crippen LogP contribution in [0.5, 0.6) is 5.75 Å². The van der Waals surface area contributed by atoms with Crippen LogP contribution in [-0.2, 0) is 28.8 Å². The van der Waals surface area contributed by atoms with Crippen LogP contribution < -0.4 is 4.74 Å². The van der Waals surface area contributed by atoms with Crippen molar-refractivity contribution in [2.24, 2.45) is 0 Å². The third-order valence-corrected chi connectivity index (χ3v) is 6.31. The molecule has 1 saturated heterocycles. The first-order valence-corrected chi connectivity index (χ1v) is 12.0. The highest BCUT2D eigenvalue weighted by Crippen LogP contribution is 2.31. The molecule has 9 heteroatoms. The van der Waals surface area contributed by atoms with Gasteiger partial charge in [0.1, 0.15) is 5.75 Å². The van der Waals surface area contributed by atoms with E-state index in [4.69, 9.17) is 9.47 Å². The fourth-order valence-electron chi connectivity index (χ4n) is 3.77. The second kappa shape index (κ2) is 11.1. The molecule has 1 heterocycles. The predicted octanol–water partition coefficient (Wildman–Crippen LogP) is 5.51. The minimum absolute atomic E-state index is 0.295. The first-order chi connectivity index (χ1) is 16.0. The van der Waals surface area contributed by atoms with Crippen molar-refractivity contribution >= 4 is 21.9 Å². The van der Waals surface area contributed by atoms with Crippen LogP contribution >= 0.6 is 15.9 Å². The van der Waals surface area contributed by atoms with E-state index < -0.39 is 23.3 Å². The number of rotatable bonds is 8. The molecule has 0 aliphatic carbocycles. The Morgan fingerprint density at radius 2 is 1.47 bits per heavy atom. The molecule has 1 aliphatic rings. The zero-order chi connectivity index (χ0) is 24.9. The van der Waals surface area contributed by atoms with Crippen LogP contribution in [0.2, 0.25) is 0 Å². The van der Waals surface area contributed by atoms with Gasteiger partial charge in [0.2, 0.25) is 0 Å². The Bertz CT molecular complexity index is 972. The van der Waals surface area contributed by atoms with Crippen molar-refractivity contribution in [2.75, 3.05) is 32.8 Å². The molecule has 0 aromatic heterocycles. The summed E-state index contributed by atoms with van der Waals surface area (Å²) in [6, 6.07) is 11.2. The van der Waals surface area contributed by atoms with Crippen LogP contribution in [0, 0.1) is 0 Å². The number of benzene rings is 2. The number of nitrogens with zero attached hydrogens (tertiary/aromatic N) is 2. The van der Waals surface area contributed by atoms with Crippen molar-refractivity contribution in [1.29, 1.82) is 0 Å². The lowest BCUT2D eigenvalue weighted by atomic mass is 10.1. The summed E-state index contributed by atoms with van der Waals surface area (Å²) in [5, 5.41) is 0.